The minimum atomic E-state index is 0. The number of piperazine rings is 3. The van der Waals surface area contributed by atoms with Crippen LogP contribution in [0, 0.1) is 0 Å². The van der Waals surface area contributed by atoms with Gasteiger partial charge in [0.1, 0.15) is 0 Å². The number of likely N-dealkylation sites (N-methyl/N-ethyl adjacent to an activating group) is 2. The Hall–Kier alpha value is -0.240. The lowest BCUT2D eigenvalue weighted by molar-refractivity contribution is -0.894. The molecule has 0 saturated carbocycles. The average Bonchev–Trinajstić information content (AvgIpc) is 2.74. The van der Waals surface area contributed by atoms with Gasteiger partial charge in [-0.05, 0) is 62.4 Å². The number of hydrogen-bond acceptors (Lipinski definition) is 5. The Morgan fingerprint density at radius 1 is 0.429 bits per heavy atom. The second-order valence-corrected chi connectivity index (χ2v) is 12.2. The molecule has 0 unspecified atom stereocenters. The molecule has 0 aromatic carbocycles. The second-order valence-electron chi connectivity index (χ2n) is 12.2. The highest BCUT2D eigenvalue weighted by atomic mass is 15.4. The molecule has 0 radical (unpaired) electrons. The Morgan fingerprint density at radius 2 is 0.657 bits per heavy atom. The first-order valence-corrected chi connectivity index (χ1v) is 13.8. The Kier molecular flexibility index (Phi) is 19.1. The van der Waals surface area contributed by atoms with Crippen molar-refractivity contribution in [2.45, 2.75) is 94.4 Å². The standard InChI is InChI=1S/C10H22N2.C9H21N2.C8H18N2.2CH4/c1-9(2)11-5-7-12(8-6-11)10(3)4;1-9(2)10-5-7-11(3,4)8-6-10;1-8(2)10-6-4-9(3)5-7-10;;/h9-10H,5-8H2,1-4H3;9H,5-8H2,1-4H3;8H,4-7H2,1-3H3;2*1H4/q;+1;;;. The monoisotopic (exact) mass is 502 g/mol. The molecule has 6 nitrogen and oxygen atoms in total. The van der Waals surface area contributed by atoms with Gasteiger partial charge in [0.25, 0.3) is 0 Å². The third kappa shape index (κ3) is 14.9. The Morgan fingerprint density at radius 3 is 0.914 bits per heavy atom. The van der Waals surface area contributed by atoms with Crippen LogP contribution in [0.4, 0.5) is 0 Å². The van der Waals surface area contributed by atoms with Gasteiger partial charge in [-0.15, -0.1) is 0 Å². The first-order valence-electron chi connectivity index (χ1n) is 13.8. The third-order valence-electron chi connectivity index (χ3n) is 7.79. The van der Waals surface area contributed by atoms with Crippen molar-refractivity contribution in [1.29, 1.82) is 0 Å². The molecule has 0 N–H and O–H groups in total. The van der Waals surface area contributed by atoms with Crippen molar-refractivity contribution in [3.63, 3.8) is 0 Å². The van der Waals surface area contributed by atoms with Gasteiger partial charge < -0.3 is 9.38 Å². The topological polar surface area (TPSA) is 16.2 Å². The largest absolute Gasteiger partial charge is 0.326 e. The van der Waals surface area contributed by atoms with Gasteiger partial charge in [0, 0.05) is 89.6 Å². The maximum Gasteiger partial charge on any atom is 0.0912 e. The Labute approximate surface area is 223 Å². The summed E-state index contributed by atoms with van der Waals surface area (Å²) in [4.78, 5) is 12.6. The molecule has 35 heavy (non-hydrogen) atoms. The molecule has 3 heterocycles. The molecule has 3 saturated heterocycles. The molecule has 0 atom stereocenters. The van der Waals surface area contributed by atoms with E-state index in [9.17, 15) is 0 Å². The van der Waals surface area contributed by atoms with Crippen LogP contribution in [-0.4, -0.2) is 153 Å². The van der Waals surface area contributed by atoms with E-state index in [1.54, 1.807) is 0 Å². The average molecular weight is 502 g/mol. The van der Waals surface area contributed by atoms with Gasteiger partial charge in [0.05, 0.1) is 27.2 Å². The number of rotatable bonds is 4. The SMILES string of the molecule is C.C.CC(C)N1CCN(C(C)C)CC1.CC(C)N1CCN(C)CC1.CC(C)N1CC[N+](C)(C)CC1. The summed E-state index contributed by atoms with van der Waals surface area (Å²) in [6.45, 7) is 33.3. The van der Waals surface area contributed by atoms with E-state index < -0.39 is 0 Å². The molecule has 0 amide bonds. The highest BCUT2D eigenvalue weighted by Crippen LogP contribution is 2.09. The molecule has 0 aromatic heterocycles. The lowest BCUT2D eigenvalue weighted by Gasteiger charge is -2.40. The highest BCUT2D eigenvalue weighted by Gasteiger charge is 2.25. The molecule has 6 heteroatoms. The van der Waals surface area contributed by atoms with Crippen LogP contribution >= 0.6 is 0 Å². The van der Waals surface area contributed by atoms with Gasteiger partial charge in [-0.25, -0.2) is 0 Å². The molecule has 214 valence electrons. The molecule has 3 fully saturated rings. The van der Waals surface area contributed by atoms with Crippen LogP contribution in [0.15, 0.2) is 0 Å². The van der Waals surface area contributed by atoms with Crippen LogP contribution in [0.1, 0.15) is 70.2 Å². The van der Waals surface area contributed by atoms with Crippen LogP contribution < -0.4 is 0 Å². The molecule has 0 spiro atoms. The molecule has 0 bridgehead atoms. The zero-order valence-corrected chi connectivity index (χ0v) is 24.5. The summed E-state index contributed by atoms with van der Waals surface area (Å²) in [6.07, 6.45) is 0. The van der Waals surface area contributed by atoms with Crippen molar-refractivity contribution in [2.75, 3.05) is 99.7 Å². The highest BCUT2D eigenvalue weighted by molar-refractivity contribution is 4.76. The van der Waals surface area contributed by atoms with Crippen molar-refractivity contribution >= 4 is 0 Å². The van der Waals surface area contributed by atoms with Crippen LogP contribution in [0.2, 0.25) is 0 Å². The zero-order valence-electron chi connectivity index (χ0n) is 24.5. The summed E-state index contributed by atoms with van der Waals surface area (Å²) in [5, 5.41) is 0. The van der Waals surface area contributed by atoms with Crippen molar-refractivity contribution in [2.24, 2.45) is 0 Å². The van der Waals surface area contributed by atoms with Crippen molar-refractivity contribution in [3.8, 4) is 0 Å². The summed E-state index contributed by atoms with van der Waals surface area (Å²) in [6, 6.07) is 2.91. The van der Waals surface area contributed by atoms with Crippen molar-refractivity contribution < 1.29 is 4.48 Å². The van der Waals surface area contributed by atoms with Crippen LogP contribution in [-0.2, 0) is 0 Å². The Balaban J connectivity index is 0. The fraction of sp³-hybridized carbons (Fsp3) is 1.00. The predicted molar refractivity (Wildman–Crippen MR) is 160 cm³/mol. The maximum atomic E-state index is 2.56. The lowest BCUT2D eigenvalue weighted by Crippen LogP contribution is -2.56. The fourth-order valence-corrected chi connectivity index (χ4v) is 4.65. The molecule has 3 rings (SSSR count). The molecular formula is C29H69N6+. The third-order valence-corrected chi connectivity index (χ3v) is 7.79. The van der Waals surface area contributed by atoms with Gasteiger partial charge in [-0.1, -0.05) is 14.9 Å². The van der Waals surface area contributed by atoms with E-state index in [0.29, 0.717) is 0 Å². The number of nitrogens with zero attached hydrogens (tertiary/aromatic N) is 6. The first-order chi connectivity index (χ1) is 15.3. The van der Waals surface area contributed by atoms with Gasteiger partial charge in [-0.3, -0.25) is 19.6 Å². The summed E-state index contributed by atoms with van der Waals surface area (Å²) in [7, 11) is 6.83. The smallest absolute Gasteiger partial charge is 0.0912 e. The second kappa shape index (κ2) is 18.1. The molecular weight excluding hydrogens is 432 g/mol. The zero-order chi connectivity index (χ0) is 25.2. The molecule has 3 aliphatic heterocycles. The number of quaternary nitrogens is 1. The quantitative estimate of drug-likeness (QED) is 0.537. The number of hydrogen-bond donors (Lipinski definition) is 0. The fourth-order valence-electron chi connectivity index (χ4n) is 4.65. The summed E-state index contributed by atoms with van der Waals surface area (Å²) >= 11 is 0. The normalized spacial score (nSPS) is 22.7. The molecule has 3 aliphatic rings. The predicted octanol–water partition coefficient (Wildman–Crippen LogP) is 4.12. The first kappa shape index (κ1) is 36.9. The summed E-state index contributed by atoms with van der Waals surface area (Å²) in [5.41, 5.74) is 0. The van der Waals surface area contributed by atoms with E-state index in [0.717, 1.165) is 24.2 Å². The maximum absolute atomic E-state index is 2.56. The summed E-state index contributed by atoms with van der Waals surface area (Å²) < 4.78 is 1.20. The molecule has 0 aromatic rings. The summed E-state index contributed by atoms with van der Waals surface area (Å²) in [5.74, 6) is 0. The van der Waals surface area contributed by atoms with Crippen molar-refractivity contribution in [1.82, 2.24) is 24.5 Å². The van der Waals surface area contributed by atoms with Crippen LogP contribution in [0.25, 0.3) is 0 Å². The van der Waals surface area contributed by atoms with Gasteiger partial charge in [0.2, 0.25) is 0 Å². The van der Waals surface area contributed by atoms with E-state index in [2.05, 4.69) is 101 Å². The minimum absolute atomic E-state index is 0. The Bertz CT molecular complexity index is 463. The lowest BCUT2D eigenvalue weighted by atomic mass is 10.2. The van der Waals surface area contributed by atoms with Gasteiger partial charge >= 0.3 is 0 Å². The van der Waals surface area contributed by atoms with Crippen LogP contribution in [0.5, 0.6) is 0 Å². The van der Waals surface area contributed by atoms with E-state index in [1.165, 1.54) is 83.0 Å². The van der Waals surface area contributed by atoms with Gasteiger partial charge in [0.15, 0.2) is 0 Å². The van der Waals surface area contributed by atoms with Gasteiger partial charge in [-0.2, -0.15) is 0 Å². The molecule has 0 aliphatic carbocycles. The van der Waals surface area contributed by atoms with Crippen LogP contribution in [0.3, 0.4) is 0 Å². The van der Waals surface area contributed by atoms with E-state index in [1.807, 2.05) is 0 Å². The van der Waals surface area contributed by atoms with E-state index in [4.69, 9.17) is 0 Å². The van der Waals surface area contributed by atoms with E-state index in [-0.39, 0.29) is 14.9 Å². The van der Waals surface area contributed by atoms with Crippen molar-refractivity contribution in [3.05, 3.63) is 0 Å². The minimum Gasteiger partial charge on any atom is -0.326 e. The van der Waals surface area contributed by atoms with E-state index >= 15 is 0 Å².